The van der Waals surface area contributed by atoms with Crippen molar-refractivity contribution < 1.29 is 9.84 Å². The quantitative estimate of drug-likeness (QED) is 0.537. The minimum absolute atomic E-state index is 0.254. The zero-order valence-corrected chi connectivity index (χ0v) is 8.86. The summed E-state index contributed by atoms with van der Waals surface area (Å²) in [4.78, 5) is 0. The van der Waals surface area contributed by atoms with Crippen molar-refractivity contribution in [2.45, 2.75) is 13.3 Å². The molecule has 1 N–H and O–H groups in total. The van der Waals surface area contributed by atoms with E-state index in [1.165, 1.54) is 0 Å². The molecule has 0 aromatic rings. The van der Waals surface area contributed by atoms with Gasteiger partial charge in [-0.15, -0.1) is 0 Å². The van der Waals surface area contributed by atoms with Gasteiger partial charge in [-0.25, -0.2) is 0 Å². The third-order valence-electron chi connectivity index (χ3n) is 2.58. The number of aliphatic hydroxyl groups excluding tert-OH is 1. The van der Waals surface area contributed by atoms with Gasteiger partial charge in [0, 0.05) is 6.61 Å². The van der Waals surface area contributed by atoms with E-state index in [-0.39, 0.29) is 6.61 Å². The Morgan fingerprint density at radius 2 is 2.36 bits per heavy atom. The Bertz CT molecular complexity index is 263. The number of aliphatic hydroxyl groups is 1. The van der Waals surface area contributed by atoms with Crippen LogP contribution in [-0.4, -0.2) is 18.8 Å². The fourth-order valence-corrected chi connectivity index (χ4v) is 1.55. The molecule has 2 unspecified atom stereocenters. The van der Waals surface area contributed by atoms with E-state index < -0.39 is 0 Å². The molecule has 0 aromatic heterocycles. The van der Waals surface area contributed by atoms with Crippen LogP contribution < -0.4 is 0 Å². The Kier molecular flexibility index (Phi) is 3.96. The number of hydrogen-bond donors (Lipinski definition) is 1. The minimum Gasteiger partial charge on any atom is -0.496 e. The van der Waals surface area contributed by atoms with Crippen molar-refractivity contribution >= 4 is 0 Å². The highest BCUT2D eigenvalue weighted by Gasteiger charge is 2.39. The normalized spacial score (nSPS) is 26.6. The molecule has 0 saturated heterocycles. The van der Waals surface area contributed by atoms with Crippen LogP contribution in [0.2, 0.25) is 0 Å². The van der Waals surface area contributed by atoms with E-state index in [1.54, 1.807) is 7.11 Å². The Hall–Kier alpha value is -1.02. The van der Waals surface area contributed by atoms with Gasteiger partial charge in [0.15, 0.2) is 0 Å². The van der Waals surface area contributed by atoms with Crippen molar-refractivity contribution in [3.8, 4) is 0 Å². The molecule has 14 heavy (non-hydrogen) atoms. The zero-order chi connectivity index (χ0) is 10.6. The third-order valence-corrected chi connectivity index (χ3v) is 2.58. The van der Waals surface area contributed by atoms with Crippen molar-refractivity contribution in [1.29, 1.82) is 0 Å². The van der Waals surface area contributed by atoms with E-state index >= 15 is 0 Å². The molecule has 1 saturated carbocycles. The van der Waals surface area contributed by atoms with Gasteiger partial charge in [-0.05, 0) is 36.8 Å². The molecule has 2 nitrogen and oxygen atoms in total. The van der Waals surface area contributed by atoms with Gasteiger partial charge in [-0.3, -0.25) is 0 Å². The highest BCUT2D eigenvalue weighted by Crippen LogP contribution is 2.45. The van der Waals surface area contributed by atoms with E-state index in [1.807, 2.05) is 25.2 Å². The van der Waals surface area contributed by atoms with E-state index in [2.05, 4.69) is 6.58 Å². The molecule has 0 radical (unpaired) electrons. The maximum Gasteiger partial charge on any atom is 0.121 e. The van der Waals surface area contributed by atoms with Crippen molar-refractivity contribution in [3.63, 3.8) is 0 Å². The molecule has 0 heterocycles. The van der Waals surface area contributed by atoms with Gasteiger partial charge in [-0.1, -0.05) is 18.7 Å². The lowest BCUT2D eigenvalue weighted by molar-refractivity contribution is 0.267. The van der Waals surface area contributed by atoms with Crippen LogP contribution in [0.5, 0.6) is 0 Å². The fraction of sp³-hybridized carbons (Fsp3) is 0.500. The summed E-state index contributed by atoms with van der Waals surface area (Å²) in [5, 5.41) is 8.94. The lowest BCUT2D eigenvalue weighted by Crippen LogP contribution is -1.97. The molecule has 0 aromatic carbocycles. The average Bonchev–Trinajstić information content (AvgIpc) is 2.97. The molecule has 0 amide bonds. The second-order valence-corrected chi connectivity index (χ2v) is 3.57. The molecular weight excluding hydrogens is 176 g/mol. The first-order valence-electron chi connectivity index (χ1n) is 4.91. The summed E-state index contributed by atoms with van der Waals surface area (Å²) < 4.78 is 5.24. The van der Waals surface area contributed by atoms with E-state index in [0.29, 0.717) is 11.8 Å². The first kappa shape index (κ1) is 11.1. The van der Waals surface area contributed by atoms with Crippen LogP contribution in [0, 0.1) is 11.8 Å². The molecule has 2 atom stereocenters. The summed E-state index contributed by atoms with van der Waals surface area (Å²) in [5.74, 6) is 1.63. The predicted molar refractivity (Wildman–Crippen MR) is 57.7 cm³/mol. The maximum absolute atomic E-state index is 8.94. The topological polar surface area (TPSA) is 29.5 Å². The van der Waals surface area contributed by atoms with E-state index in [0.717, 1.165) is 17.8 Å². The zero-order valence-electron chi connectivity index (χ0n) is 8.86. The lowest BCUT2D eigenvalue weighted by Gasteiger charge is -2.08. The summed E-state index contributed by atoms with van der Waals surface area (Å²) in [5.41, 5.74) is 1.00. The second-order valence-electron chi connectivity index (χ2n) is 3.57. The Morgan fingerprint density at radius 3 is 2.79 bits per heavy atom. The molecule has 1 fully saturated rings. The van der Waals surface area contributed by atoms with E-state index in [9.17, 15) is 0 Å². The number of allylic oxidation sites excluding steroid dienone is 4. The number of methoxy groups -OCH3 is 1. The first-order valence-corrected chi connectivity index (χ1v) is 4.91. The summed E-state index contributed by atoms with van der Waals surface area (Å²) in [6, 6.07) is 0. The summed E-state index contributed by atoms with van der Waals surface area (Å²) in [6.07, 6.45) is 6.82. The summed E-state index contributed by atoms with van der Waals surface area (Å²) in [6.45, 7) is 6.21. The number of ether oxygens (including phenoxy) is 1. The molecule has 78 valence electrons. The van der Waals surface area contributed by atoms with Crippen LogP contribution in [0.15, 0.2) is 36.1 Å². The monoisotopic (exact) mass is 194 g/mol. The third kappa shape index (κ3) is 2.48. The minimum atomic E-state index is 0.254. The van der Waals surface area contributed by atoms with Crippen LogP contribution in [0.3, 0.4) is 0 Å². The van der Waals surface area contributed by atoms with Crippen LogP contribution in [0.25, 0.3) is 0 Å². The maximum atomic E-state index is 8.94. The van der Waals surface area contributed by atoms with Gasteiger partial charge in [0.2, 0.25) is 0 Å². The highest BCUT2D eigenvalue weighted by molar-refractivity contribution is 5.32. The van der Waals surface area contributed by atoms with Crippen molar-refractivity contribution in [2.75, 3.05) is 13.7 Å². The van der Waals surface area contributed by atoms with Gasteiger partial charge < -0.3 is 9.84 Å². The largest absolute Gasteiger partial charge is 0.496 e. The molecule has 1 aliphatic rings. The van der Waals surface area contributed by atoms with Crippen molar-refractivity contribution in [3.05, 3.63) is 36.1 Å². The molecule has 2 heteroatoms. The molecule has 1 rings (SSSR count). The van der Waals surface area contributed by atoms with Crippen molar-refractivity contribution in [2.24, 2.45) is 11.8 Å². The Balaban J connectivity index is 2.58. The van der Waals surface area contributed by atoms with Gasteiger partial charge in [-0.2, -0.15) is 0 Å². The number of rotatable bonds is 5. The smallest absolute Gasteiger partial charge is 0.121 e. The predicted octanol–water partition coefficient (Wildman–Crippen LogP) is 2.28. The Labute approximate surface area is 85.6 Å². The first-order chi connectivity index (χ1) is 6.74. The molecular formula is C12H18O2. The molecule has 0 aliphatic heterocycles. The van der Waals surface area contributed by atoms with Gasteiger partial charge in [0.05, 0.1) is 7.11 Å². The average molecular weight is 194 g/mol. The fourth-order valence-electron chi connectivity index (χ4n) is 1.55. The number of hydrogen-bond acceptors (Lipinski definition) is 2. The SMILES string of the molecule is C=C(C(=CC=CC)OC)C1CC1CO. The lowest BCUT2D eigenvalue weighted by atomic mass is 10.1. The van der Waals surface area contributed by atoms with Gasteiger partial charge >= 0.3 is 0 Å². The highest BCUT2D eigenvalue weighted by atomic mass is 16.5. The Morgan fingerprint density at radius 1 is 1.64 bits per heavy atom. The second kappa shape index (κ2) is 5.01. The van der Waals surface area contributed by atoms with Crippen LogP contribution in [-0.2, 0) is 4.74 Å². The molecule has 0 spiro atoms. The summed E-state index contributed by atoms with van der Waals surface area (Å²) >= 11 is 0. The molecule has 0 bridgehead atoms. The van der Waals surface area contributed by atoms with Crippen LogP contribution in [0.4, 0.5) is 0 Å². The van der Waals surface area contributed by atoms with Gasteiger partial charge in [0.1, 0.15) is 5.76 Å². The van der Waals surface area contributed by atoms with Gasteiger partial charge in [0.25, 0.3) is 0 Å². The van der Waals surface area contributed by atoms with E-state index in [4.69, 9.17) is 9.84 Å². The van der Waals surface area contributed by atoms with Crippen LogP contribution >= 0.6 is 0 Å². The van der Waals surface area contributed by atoms with Crippen LogP contribution in [0.1, 0.15) is 13.3 Å². The standard InChI is InChI=1S/C12H18O2/c1-4-5-6-12(14-3)9(2)11-7-10(11)8-13/h4-6,10-11,13H,2,7-8H2,1,3H3. The van der Waals surface area contributed by atoms with Crippen molar-refractivity contribution in [1.82, 2.24) is 0 Å². The molecule has 1 aliphatic carbocycles. The summed E-state index contributed by atoms with van der Waals surface area (Å²) in [7, 11) is 1.65.